The molecule has 0 aromatic heterocycles. The lowest BCUT2D eigenvalue weighted by Gasteiger charge is -2.22. The topological polar surface area (TPSA) is 38.5 Å². The molecule has 164 valence electrons. The molecular formula is C28H36N2O. The average Bonchev–Trinajstić information content (AvgIpc) is 2.79. The first-order valence-electron chi connectivity index (χ1n) is 11.5. The summed E-state index contributed by atoms with van der Waals surface area (Å²) >= 11 is 0. The molecule has 0 saturated carbocycles. The van der Waals surface area contributed by atoms with Crippen molar-refractivity contribution in [3.63, 3.8) is 0 Å². The first-order chi connectivity index (χ1) is 15.1. The minimum absolute atomic E-state index is 0.536. The molecule has 3 nitrogen and oxygen atoms in total. The van der Waals surface area contributed by atoms with Gasteiger partial charge in [-0.1, -0.05) is 79.6 Å². The Balaban J connectivity index is 1.52. The van der Waals surface area contributed by atoms with E-state index < -0.39 is 0 Å². The molecule has 0 aliphatic rings. The lowest BCUT2D eigenvalue weighted by Crippen LogP contribution is -2.29. The van der Waals surface area contributed by atoms with Gasteiger partial charge in [0.15, 0.2) is 0 Å². The van der Waals surface area contributed by atoms with Gasteiger partial charge >= 0.3 is 0 Å². The number of benzene rings is 3. The fraction of sp³-hybridized carbons (Fsp3) is 0.357. The normalized spacial score (nSPS) is 11.1. The van der Waals surface area contributed by atoms with Crippen LogP contribution in [0.1, 0.15) is 42.0 Å². The Morgan fingerprint density at radius 3 is 2.13 bits per heavy atom. The number of nitrogen functional groups attached to an aromatic ring is 1. The van der Waals surface area contributed by atoms with E-state index in [1.165, 1.54) is 29.5 Å². The molecule has 3 heteroatoms. The van der Waals surface area contributed by atoms with Crippen molar-refractivity contribution in [1.82, 2.24) is 4.90 Å². The van der Waals surface area contributed by atoms with Gasteiger partial charge in [-0.15, -0.1) is 0 Å². The molecule has 31 heavy (non-hydrogen) atoms. The van der Waals surface area contributed by atoms with Crippen LogP contribution in [0.3, 0.4) is 0 Å². The zero-order valence-electron chi connectivity index (χ0n) is 19.0. The van der Waals surface area contributed by atoms with Crippen molar-refractivity contribution in [3.05, 3.63) is 95.1 Å². The van der Waals surface area contributed by atoms with Gasteiger partial charge in [0.05, 0.1) is 5.69 Å². The summed E-state index contributed by atoms with van der Waals surface area (Å²) in [6, 6.07) is 25.3. The van der Waals surface area contributed by atoms with Crippen LogP contribution in [0.5, 0.6) is 5.75 Å². The first kappa shape index (κ1) is 22.9. The fourth-order valence-electron chi connectivity index (χ4n) is 3.67. The molecule has 0 radical (unpaired) electrons. The van der Waals surface area contributed by atoms with E-state index in [4.69, 9.17) is 10.5 Å². The number of ether oxygens (including phenoxy) is 1. The summed E-state index contributed by atoms with van der Waals surface area (Å²) in [6.07, 6.45) is 4.56. The van der Waals surface area contributed by atoms with Crippen molar-refractivity contribution in [2.45, 2.75) is 46.1 Å². The highest BCUT2D eigenvalue weighted by atomic mass is 16.5. The van der Waals surface area contributed by atoms with Crippen LogP contribution < -0.4 is 10.5 Å². The second-order valence-electron chi connectivity index (χ2n) is 8.33. The molecule has 3 aromatic rings. The minimum Gasteiger partial charge on any atom is -0.487 e. The quantitative estimate of drug-likeness (QED) is 0.366. The molecular weight excluding hydrogens is 380 g/mol. The van der Waals surface area contributed by atoms with Gasteiger partial charge in [-0.3, -0.25) is 0 Å². The molecule has 0 bridgehead atoms. The van der Waals surface area contributed by atoms with Crippen molar-refractivity contribution in [1.29, 1.82) is 0 Å². The first-order valence-corrected chi connectivity index (χ1v) is 11.5. The number of anilines is 1. The molecule has 0 aliphatic heterocycles. The van der Waals surface area contributed by atoms with Crippen LogP contribution in [0.15, 0.2) is 72.8 Å². The Labute approximate surface area is 187 Å². The minimum atomic E-state index is 0.536. The standard InChI is InChI=1S/C28H36N2O/c1-3-4-18-30(19-16-24-12-10-23(2)11-13-24)20-17-25-14-15-28(27(29)21-25)31-22-26-8-6-5-7-9-26/h5-15,21H,3-4,16-20,22,29H2,1-2H3. The SMILES string of the molecule is CCCCN(CCc1ccc(C)cc1)CCc1ccc(OCc2ccccc2)c(N)c1. The summed E-state index contributed by atoms with van der Waals surface area (Å²) in [5.41, 5.74) is 12.1. The molecule has 0 saturated heterocycles. The van der Waals surface area contributed by atoms with Crippen molar-refractivity contribution in [3.8, 4) is 5.75 Å². The van der Waals surface area contributed by atoms with Crippen LogP contribution in [-0.2, 0) is 19.4 Å². The maximum absolute atomic E-state index is 6.28. The van der Waals surface area contributed by atoms with Crippen molar-refractivity contribution in [2.75, 3.05) is 25.4 Å². The summed E-state index contributed by atoms with van der Waals surface area (Å²) in [4.78, 5) is 2.58. The Morgan fingerprint density at radius 2 is 1.45 bits per heavy atom. The van der Waals surface area contributed by atoms with Crippen molar-refractivity contribution < 1.29 is 4.74 Å². The summed E-state index contributed by atoms with van der Waals surface area (Å²) < 4.78 is 5.92. The Bertz CT molecular complexity index is 906. The number of rotatable bonds is 12. The van der Waals surface area contributed by atoms with E-state index in [2.05, 4.69) is 67.3 Å². The molecule has 2 N–H and O–H groups in total. The second kappa shape index (κ2) is 12.2. The zero-order valence-corrected chi connectivity index (χ0v) is 19.0. The second-order valence-corrected chi connectivity index (χ2v) is 8.33. The van der Waals surface area contributed by atoms with E-state index in [0.717, 1.165) is 43.8 Å². The van der Waals surface area contributed by atoms with Crippen LogP contribution in [0.25, 0.3) is 0 Å². The Morgan fingerprint density at radius 1 is 0.774 bits per heavy atom. The van der Waals surface area contributed by atoms with Gasteiger partial charge in [0.2, 0.25) is 0 Å². The highest BCUT2D eigenvalue weighted by Gasteiger charge is 2.08. The summed E-state index contributed by atoms with van der Waals surface area (Å²) in [7, 11) is 0. The number of aryl methyl sites for hydroxylation is 1. The molecule has 0 spiro atoms. The maximum atomic E-state index is 6.28. The van der Waals surface area contributed by atoms with Crippen molar-refractivity contribution >= 4 is 5.69 Å². The van der Waals surface area contributed by atoms with Crippen LogP contribution in [-0.4, -0.2) is 24.5 Å². The van der Waals surface area contributed by atoms with Gasteiger partial charge in [0.25, 0.3) is 0 Å². The fourth-order valence-corrected chi connectivity index (χ4v) is 3.67. The van der Waals surface area contributed by atoms with Gasteiger partial charge in [-0.2, -0.15) is 0 Å². The van der Waals surface area contributed by atoms with E-state index in [0.29, 0.717) is 12.3 Å². The van der Waals surface area contributed by atoms with Gasteiger partial charge in [-0.25, -0.2) is 0 Å². The van der Waals surface area contributed by atoms with Crippen LogP contribution in [0.2, 0.25) is 0 Å². The maximum Gasteiger partial charge on any atom is 0.142 e. The van der Waals surface area contributed by atoms with Crippen LogP contribution >= 0.6 is 0 Å². The molecule has 0 amide bonds. The average molecular weight is 417 g/mol. The van der Waals surface area contributed by atoms with E-state index in [9.17, 15) is 0 Å². The summed E-state index contributed by atoms with van der Waals surface area (Å²) in [6.45, 7) is 8.23. The van der Waals surface area contributed by atoms with E-state index in [1.807, 2.05) is 24.3 Å². The number of nitrogens with zero attached hydrogens (tertiary/aromatic N) is 1. The van der Waals surface area contributed by atoms with Crippen LogP contribution in [0, 0.1) is 6.92 Å². The number of nitrogens with two attached hydrogens (primary N) is 1. The molecule has 0 fully saturated rings. The third-order valence-electron chi connectivity index (χ3n) is 5.69. The monoisotopic (exact) mass is 416 g/mol. The molecule has 3 aromatic carbocycles. The third kappa shape index (κ3) is 7.76. The Kier molecular flexibility index (Phi) is 8.99. The molecule has 0 aliphatic carbocycles. The largest absolute Gasteiger partial charge is 0.487 e. The van der Waals surface area contributed by atoms with Gasteiger partial charge in [0, 0.05) is 13.1 Å². The predicted molar refractivity (Wildman–Crippen MR) is 132 cm³/mol. The van der Waals surface area contributed by atoms with Gasteiger partial charge in [0.1, 0.15) is 12.4 Å². The number of hydrogen-bond acceptors (Lipinski definition) is 3. The lowest BCUT2D eigenvalue weighted by atomic mass is 10.1. The number of hydrogen-bond donors (Lipinski definition) is 1. The van der Waals surface area contributed by atoms with Gasteiger partial charge in [-0.05, 0) is 61.6 Å². The van der Waals surface area contributed by atoms with E-state index in [1.54, 1.807) is 0 Å². The van der Waals surface area contributed by atoms with Crippen LogP contribution in [0.4, 0.5) is 5.69 Å². The lowest BCUT2D eigenvalue weighted by molar-refractivity contribution is 0.276. The molecule has 0 unspecified atom stereocenters. The summed E-state index contributed by atoms with van der Waals surface area (Å²) in [5.74, 6) is 0.759. The highest BCUT2D eigenvalue weighted by Crippen LogP contribution is 2.24. The number of unbranched alkanes of at least 4 members (excludes halogenated alkanes) is 1. The molecule has 0 atom stereocenters. The predicted octanol–water partition coefficient (Wildman–Crippen LogP) is 6.04. The molecule has 3 rings (SSSR count). The summed E-state index contributed by atoms with van der Waals surface area (Å²) in [5, 5.41) is 0. The van der Waals surface area contributed by atoms with E-state index in [-0.39, 0.29) is 0 Å². The smallest absolute Gasteiger partial charge is 0.142 e. The third-order valence-corrected chi connectivity index (χ3v) is 5.69. The molecule has 0 heterocycles. The highest BCUT2D eigenvalue weighted by molar-refractivity contribution is 5.54. The zero-order chi connectivity index (χ0) is 21.9. The Hall–Kier alpha value is -2.78. The van der Waals surface area contributed by atoms with Crippen molar-refractivity contribution in [2.24, 2.45) is 0 Å². The van der Waals surface area contributed by atoms with E-state index >= 15 is 0 Å². The van der Waals surface area contributed by atoms with Gasteiger partial charge < -0.3 is 15.4 Å².